The molecule has 3 rings (SSSR count). The molecule has 0 aromatic heterocycles. The number of hydrogen-bond acceptors (Lipinski definition) is 5. The molecule has 0 aliphatic heterocycles. The predicted octanol–water partition coefficient (Wildman–Crippen LogP) is 2.42. The van der Waals surface area contributed by atoms with E-state index in [1.54, 1.807) is 55.6 Å². The number of rotatable bonds is 9. The smallest absolute Gasteiger partial charge is 0.736 e. The van der Waals surface area contributed by atoms with Crippen molar-refractivity contribution < 1.29 is 52.8 Å². The van der Waals surface area contributed by atoms with E-state index in [1.807, 2.05) is 6.07 Å². The Morgan fingerprint density at radius 1 is 0.806 bits per heavy atom. The first-order valence-corrected chi connectivity index (χ1v) is 11.3. The van der Waals surface area contributed by atoms with Gasteiger partial charge in [-0.15, -0.1) is 0 Å². The normalized spacial score (nSPS) is 12.4. The van der Waals surface area contributed by atoms with Crippen LogP contribution in [0.25, 0.3) is 0 Å². The van der Waals surface area contributed by atoms with Gasteiger partial charge in [-0.2, -0.15) is 0 Å². The fourth-order valence-electron chi connectivity index (χ4n) is 3.52. The third-order valence-corrected chi connectivity index (χ3v) is 5.60. The van der Waals surface area contributed by atoms with Gasteiger partial charge in [0.05, 0.1) is 7.11 Å². The molecule has 3 aromatic carbocycles. The number of ether oxygens (including phenoxy) is 1. The molecule has 1 atom stereocenters. The summed E-state index contributed by atoms with van der Waals surface area (Å²) in [6.07, 6.45) is 2.67. The predicted molar refractivity (Wildman–Crippen MR) is 116 cm³/mol. The minimum atomic E-state index is -4.51. The van der Waals surface area contributed by atoms with E-state index >= 15 is 0 Å². The van der Waals surface area contributed by atoms with Gasteiger partial charge in [-0.05, 0) is 79.6 Å². The van der Waals surface area contributed by atoms with E-state index < -0.39 is 7.82 Å². The SMILES string of the molecule is COc1c(C)cc(CCCc2cccc(OP(=O)([O-])Oc3ccccc3)c2)cc1C.[Na+]. The monoisotopic (exact) mass is 448 g/mol. The van der Waals surface area contributed by atoms with Crippen LogP contribution in [-0.4, -0.2) is 7.11 Å². The van der Waals surface area contributed by atoms with Gasteiger partial charge in [-0.25, -0.2) is 4.57 Å². The van der Waals surface area contributed by atoms with Crippen molar-refractivity contribution >= 4 is 7.82 Å². The molecule has 0 bridgehead atoms. The number of hydrogen-bond donors (Lipinski definition) is 0. The molecule has 0 radical (unpaired) electrons. The molecular weight excluding hydrogens is 422 g/mol. The van der Waals surface area contributed by atoms with Gasteiger partial charge in [0.2, 0.25) is 0 Å². The zero-order valence-electron chi connectivity index (χ0n) is 18.5. The van der Waals surface area contributed by atoms with E-state index in [0.717, 1.165) is 41.7 Å². The Balaban J connectivity index is 0.00000341. The van der Waals surface area contributed by atoms with Gasteiger partial charge >= 0.3 is 37.4 Å². The van der Waals surface area contributed by atoms with Gasteiger partial charge in [0.15, 0.2) is 0 Å². The molecule has 0 spiro atoms. The first-order valence-electron chi connectivity index (χ1n) is 9.84. The fraction of sp³-hybridized carbons (Fsp3) is 0.250. The molecule has 0 amide bonds. The Labute approximate surface area is 206 Å². The Kier molecular flexibility index (Phi) is 9.67. The second kappa shape index (κ2) is 11.8. The number of methoxy groups -OCH3 is 1. The third kappa shape index (κ3) is 7.71. The maximum absolute atomic E-state index is 12.2. The van der Waals surface area contributed by atoms with Gasteiger partial charge in [0.25, 0.3) is 0 Å². The van der Waals surface area contributed by atoms with Crippen molar-refractivity contribution in [3.8, 4) is 17.2 Å². The maximum Gasteiger partial charge on any atom is 1.00 e. The van der Waals surface area contributed by atoms with Gasteiger partial charge in [-0.1, -0.05) is 42.5 Å². The van der Waals surface area contributed by atoms with Crippen LogP contribution in [0.4, 0.5) is 0 Å². The minimum absolute atomic E-state index is 0. The van der Waals surface area contributed by atoms with E-state index in [4.69, 9.17) is 13.8 Å². The van der Waals surface area contributed by atoms with Crippen molar-refractivity contribution in [1.29, 1.82) is 0 Å². The quantitative estimate of drug-likeness (QED) is 0.372. The van der Waals surface area contributed by atoms with E-state index in [-0.39, 0.29) is 41.1 Å². The van der Waals surface area contributed by atoms with E-state index in [0.29, 0.717) is 0 Å². The zero-order chi connectivity index (χ0) is 21.6. The van der Waals surface area contributed by atoms with Gasteiger partial charge in [0, 0.05) is 0 Å². The number of aryl methyl sites for hydroxylation is 4. The van der Waals surface area contributed by atoms with Crippen LogP contribution >= 0.6 is 7.82 Å². The Bertz CT molecular complexity index is 1020. The molecule has 0 aliphatic rings. The molecule has 0 aliphatic carbocycles. The zero-order valence-corrected chi connectivity index (χ0v) is 21.4. The van der Waals surface area contributed by atoms with Crippen LogP contribution in [0.3, 0.4) is 0 Å². The molecule has 1 unspecified atom stereocenters. The summed E-state index contributed by atoms with van der Waals surface area (Å²) in [5, 5.41) is 0. The first kappa shape index (κ1) is 25.5. The van der Waals surface area contributed by atoms with Crippen LogP contribution in [0, 0.1) is 13.8 Å². The molecule has 0 heterocycles. The third-order valence-electron chi connectivity index (χ3n) is 4.73. The number of benzene rings is 3. The number of phosphoric ester groups is 1. The summed E-state index contributed by atoms with van der Waals surface area (Å²) in [5.41, 5.74) is 4.53. The Morgan fingerprint density at radius 2 is 1.39 bits per heavy atom. The molecule has 158 valence electrons. The Morgan fingerprint density at radius 3 is 2.03 bits per heavy atom. The molecule has 0 saturated carbocycles. The van der Waals surface area contributed by atoms with Crippen LogP contribution in [0.5, 0.6) is 17.2 Å². The van der Waals surface area contributed by atoms with Gasteiger partial charge < -0.3 is 18.7 Å². The molecule has 5 nitrogen and oxygen atoms in total. The van der Waals surface area contributed by atoms with Crippen molar-refractivity contribution in [3.63, 3.8) is 0 Å². The first-order chi connectivity index (χ1) is 14.4. The van der Waals surface area contributed by atoms with Crippen molar-refractivity contribution in [2.24, 2.45) is 0 Å². The molecule has 7 heteroatoms. The van der Waals surface area contributed by atoms with Crippen LogP contribution < -0.4 is 48.2 Å². The maximum atomic E-state index is 12.2. The summed E-state index contributed by atoms with van der Waals surface area (Å²) < 4.78 is 27.7. The minimum Gasteiger partial charge on any atom is -0.736 e. The fourth-order valence-corrected chi connectivity index (χ4v) is 4.31. The molecular formula is C24H26NaO5P. The standard InChI is InChI=1S/C24H27O5P.Na/c1-18-15-21(16-19(2)24(18)27-3)11-7-9-20-10-8-14-23(17-20)29-30(25,26)28-22-12-5-4-6-13-22;/h4-6,8,10,12-17H,7,9,11H2,1-3H3,(H,25,26);/q;+1/p-1. The van der Waals surface area contributed by atoms with Crippen molar-refractivity contribution in [3.05, 3.63) is 89.0 Å². The average Bonchev–Trinajstić information content (AvgIpc) is 2.68. The molecule has 31 heavy (non-hydrogen) atoms. The van der Waals surface area contributed by atoms with Crippen LogP contribution in [0.2, 0.25) is 0 Å². The van der Waals surface area contributed by atoms with Crippen molar-refractivity contribution in [1.82, 2.24) is 0 Å². The molecule has 0 N–H and O–H groups in total. The molecule has 0 fully saturated rings. The summed E-state index contributed by atoms with van der Waals surface area (Å²) in [6.45, 7) is 4.10. The van der Waals surface area contributed by atoms with Crippen molar-refractivity contribution in [2.75, 3.05) is 7.11 Å². The van der Waals surface area contributed by atoms with Crippen molar-refractivity contribution in [2.45, 2.75) is 33.1 Å². The second-order valence-electron chi connectivity index (χ2n) is 7.21. The van der Waals surface area contributed by atoms with E-state index in [9.17, 15) is 9.46 Å². The summed E-state index contributed by atoms with van der Waals surface area (Å²) in [4.78, 5) is 12.2. The number of phosphoric acid groups is 1. The summed E-state index contributed by atoms with van der Waals surface area (Å²) in [5.74, 6) is 1.40. The number of para-hydroxylation sites is 1. The topological polar surface area (TPSA) is 67.8 Å². The molecule has 3 aromatic rings. The van der Waals surface area contributed by atoms with E-state index in [1.165, 1.54) is 5.56 Å². The largest absolute Gasteiger partial charge is 1.00 e. The Hall–Kier alpha value is -1.75. The van der Waals surface area contributed by atoms with E-state index in [2.05, 4.69) is 26.0 Å². The van der Waals surface area contributed by atoms with Gasteiger partial charge in [-0.3, -0.25) is 0 Å². The van der Waals surface area contributed by atoms with Crippen LogP contribution in [0.1, 0.15) is 28.7 Å². The summed E-state index contributed by atoms with van der Waals surface area (Å²) >= 11 is 0. The van der Waals surface area contributed by atoms with Gasteiger partial charge in [0.1, 0.15) is 17.2 Å². The van der Waals surface area contributed by atoms with Crippen LogP contribution in [0.15, 0.2) is 66.7 Å². The molecule has 0 saturated heterocycles. The summed E-state index contributed by atoms with van der Waals surface area (Å²) in [6, 6.07) is 19.7. The van der Waals surface area contributed by atoms with Crippen LogP contribution in [-0.2, 0) is 17.4 Å². The average molecular weight is 448 g/mol. The summed E-state index contributed by atoms with van der Waals surface area (Å²) in [7, 11) is -2.82. The second-order valence-corrected chi connectivity index (χ2v) is 8.47.